The molecule has 22 heavy (non-hydrogen) atoms. The molecule has 0 aliphatic heterocycles. The van der Waals surface area contributed by atoms with Gasteiger partial charge in [-0.15, -0.1) is 0 Å². The van der Waals surface area contributed by atoms with Crippen LogP contribution in [0, 0.1) is 5.82 Å². The van der Waals surface area contributed by atoms with Crippen LogP contribution in [0.25, 0.3) is 0 Å². The summed E-state index contributed by atoms with van der Waals surface area (Å²) in [5, 5.41) is 4.98. The highest BCUT2D eigenvalue weighted by molar-refractivity contribution is 6.42. The predicted octanol–water partition coefficient (Wildman–Crippen LogP) is 4.68. The smallest absolute Gasteiger partial charge is 0.267 e. The van der Waals surface area contributed by atoms with Gasteiger partial charge in [0.15, 0.2) is 0 Å². The third-order valence-electron chi connectivity index (χ3n) is 2.99. The van der Waals surface area contributed by atoms with Crippen molar-refractivity contribution in [3.8, 4) is 0 Å². The molecule has 0 bridgehead atoms. The van der Waals surface area contributed by atoms with E-state index in [1.165, 1.54) is 24.3 Å². The zero-order chi connectivity index (χ0) is 16.1. The minimum absolute atomic E-state index is 0.328. The van der Waals surface area contributed by atoms with E-state index in [2.05, 4.69) is 10.5 Å². The van der Waals surface area contributed by atoms with E-state index in [0.29, 0.717) is 27.7 Å². The molecule has 0 unspecified atom stereocenters. The van der Waals surface area contributed by atoms with E-state index in [1.807, 2.05) is 6.92 Å². The fourth-order valence-electron chi connectivity index (χ4n) is 1.81. The van der Waals surface area contributed by atoms with Crippen molar-refractivity contribution in [3.05, 3.63) is 69.5 Å². The zero-order valence-corrected chi connectivity index (χ0v) is 13.2. The van der Waals surface area contributed by atoms with Gasteiger partial charge in [-0.25, -0.2) is 9.82 Å². The molecule has 2 aromatic carbocycles. The van der Waals surface area contributed by atoms with Crippen molar-refractivity contribution in [2.24, 2.45) is 5.10 Å². The number of nitrogens with one attached hydrogen (secondary N) is 1. The molecular formula is C16H13Cl2FN2O. The molecule has 0 saturated carbocycles. The van der Waals surface area contributed by atoms with Crippen LogP contribution in [0.3, 0.4) is 0 Å². The van der Waals surface area contributed by atoms with Crippen LogP contribution < -0.4 is 5.43 Å². The number of carbonyl (C=O) groups excluding carboxylic acids is 1. The Bertz CT molecular complexity index is 715. The first kappa shape index (κ1) is 16.5. The van der Waals surface area contributed by atoms with E-state index >= 15 is 0 Å². The molecule has 0 fully saturated rings. The average molecular weight is 339 g/mol. The number of carbonyl (C=O) groups is 1. The van der Waals surface area contributed by atoms with Crippen molar-refractivity contribution in [2.75, 3.05) is 0 Å². The first-order valence-corrected chi connectivity index (χ1v) is 7.34. The lowest BCUT2D eigenvalue weighted by atomic mass is 10.1. The monoisotopic (exact) mass is 338 g/mol. The van der Waals surface area contributed by atoms with Crippen LogP contribution >= 0.6 is 23.2 Å². The van der Waals surface area contributed by atoms with Crippen molar-refractivity contribution in [1.29, 1.82) is 0 Å². The lowest BCUT2D eigenvalue weighted by Crippen LogP contribution is -2.20. The molecule has 0 aromatic heterocycles. The highest BCUT2D eigenvalue weighted by Gasteiger charge is 2.08. The lowest BCUT2D eigenvalue weighted by Gasteiger charge is -2.06. The van der Waals surface area contributed by atoms with Crippen LogP contribution in [0.2, 0.25) is 10.0 Å². The second-order valence-corrected chi connectivity index (χ2v) is 5.30. The Hall–Kier alpha value is -1.91. The van der Waals surface area contributed by atoms with Crippen LogP contribution in [-0.2, 0) is 0 Å². The van der Waals surface area contributed by atoms with E-state index in [4.69, 9.17) is 23.2 Å². The molecule has 3 nitrogen and oxygen atoms in total. The molecule has 0 atom stereocenters. The average Bonchev–Trinajstić information content (AvgIpc) is 2.51. The summed E-state index contributed by atoms with van der Waals surface area (Å²) < 4.78 is 12.8. The van der Waals surface area contributed by atoms with Gasteiger partial charge in [0.2, 0.25) is 0 Å². The number of nitrogens with zero attached hydrogens (tertiary/aromatic N) is 1. The second kappa shape index (κ2) is 7.38. The summed E-state index contributed by atoms with van der Waals surface area (Å²) in [4.78, 5) is 11.9. The molecule has 0 radical (unpaired) electrons. The van der Waals surface area contributed by atoms with Crippen molar-refractivity contribution in [1.82, 2.24) is 5.43 Å². The Balaban J connectivity index is 2.16. The summed E-state index contributed by atoms with van der Waals surface area (Å²) in [6.45, 7) is 1.91. The number of hydrogen-bond donors (Lipinski definition) is 1. The minimum atomic E-state index is -0.411. The summed E-state index contributed by atoms with van der Waals surface area (Å²) in [7, 11) is 0. The number of benzene rings is 2. The molecule has 0 aliphatic carbocycles. The largest absolute Gasteiger partial charge is 0.271 e. The molecule has 0 spiro atoms. The van der Waals surface area contributed by atoms with Crippen LogP contribution in [0.1, 0.15) is 29.3 Å². The predicted molar refractivity (Wildman–Crippen MR) is 87.2 cm³/mol. The van der Waals surface area contributed by atoms with Gasteiger partial charge in [0.1, 0.15) is 5.82 Å². The standard InChI is InChI=1S/C16H13Cl2FN2O/c1-2-15(11-5-8-13(17)14(18)9-11)20-21-16(22)10-3-6-12(19)7-4-10/h3-9H,2H2,1H3,(H,21,22). The van der Waals surface area contributed by atoms with Crippen molar-refractivity contribution in [2.45, 2.75) is 13.3 Å². The summed E-state index contributed by atoms with van der Waals surface area (Å²) >= 11 is 11.9. The van der Waals surface area contributed by atoms with Gasteiger partial charge in [-0.2, -0.15) is 5.10 Å². The van der Waals surface area contributed by atoms with Crippen LogP contribution in [-0.4, -0.2) is 11.6 Å². The first-order chi connectivity index (χ1) is 10.5. The highest BCUT2D eigenvalue weighted by atomic mass is 35.5. The summed E-state index contributed by atoms with van der Waals surface area (Å²) in [5.41, 5.74) is 4.22. The molecule has 2 aromatic rings. The van der Waals surface area contributed by atoms with Gasteiger partial charge in [-0.1, -0.05) is 36.2 Å². The maximum Gasteiger partial charge on any atom is 0.271 e. The number of rotatable bonds is 4. The molecule has 0 heterocycles. The summed E-state index contributed by atoms with van der Waals surface area (Å²) in [6, 6.07) is 10.4. The van der Waals surface area contributed by atoms with Gasteiger partial charge < -0.3 is 0 Å². The number of hydrazone groups is 1. The first-order valence-electron chi connectivity index (χ1n) is 6.59. The number of amides is 1. The number of halogens is 3. The Kier molecular flexibility index (Phi) is 5.52. The Labute approximate surface area is 137 Å². The van der Waals surface area contributed by atoms with E-state index < -0.39 is 11.7 Å². The molecule has 1 N–H and O–H groups in total. The second-order valence-electron chi connectivity index (χ2n) is 4.49. The van der Waals surface area contributed by atoms with E-state index in [1.54, 1.807) is 18.2 Å². The van der Waals surface area contributed by atoms with Crippen molar-refractivity contribution in [3.63, 3.8) is 0 Å². The lowest BCUT2D eigenvalue weighted by molar-refractivity contribution is 0.0955. The molecule has 0 saturated heterocycles. The van der Waals surface area contributed by atoms with Gasteiger partial charge in [0.05, 0.1) is 15.8 Å². The van der Waals surface area contributed by atoms with Gasteiger partial charge >= 0.3 is 0 Å². The Morgan fingerprint density at radius 3 is 2.32 bits per heavy atom. The third-order valence-corrected chi connectivity index (χ3v) is 3.73. The van der Waals surface area contributed by atoms with Gasteiger partial charge in [0, 0.05) is 5.56 Å². The maximum absolute atomic E-state index is 12.8. The molecule has 114 valence electrons. The molecular weight excluding hydrogens is 326 g/mol. The third kappa shape index (κ3) is 4.06. The minimum Gasteiger partial charge on any atom is -0.267 e. The molecule has 1 amide bonds. The van der Waals surface area contributed by atoms with Crippen molar-refractivity contribution < 1.29 is 9.18 Å². The fourth-order valence-corrected chi connectivity index (χ4v) is 2.11. The van der Waals surface area contributed by atoms with Crippen LogP contribution in [0.4, 0.5) is 4.39 Å². The van der Waals surface area contributed by atoms with Gasteiger partial charge in [-0.3, -0.25) is 4.79 Å². The Morgan fingerprint density at radius 2 is 1.73 bits per heavy atom. The molecule has 6 heteroatoms. The van der Waals surface area contributed by atoms with Crippen molar-refractivity contribution >= 4 is 34.8 Å². The van der Waals surface area contributed by atoms with Crippen LogP contribution in [0.15, 0.2) is 47.6 Å². The highest BCUT2D eigenvalue weighted by Crippen LogP contribution is 2.23. The van der Waals surface area contributed by atoms with Gasteiger partial charge in [-0.05, 0) is 48.4 Å². The van der Waals surface area contributed by atoms with E-state index in [-0.39, 0.29) is 0 Å². The maximum atomic E-state index is 12.8. The zero-order valence-electron chi connectivity index (χ0n) is 11.7. The van der Waals surface area contributed by atoms with Gasteiger partial charge in [0.25, 0.3) is 5.91 Å². The topological polar surface area (TPSA) is 41.5 Å². The molecule has 2 rings (SSSR count). The quantitative estimate of drug-likeness (QED) is 0.638. The van der Waals surface area contributed by atoms with Crippen LogP contribution in [0.5, 0.6) is 0 Å². The SMILES string of the molecule is CCC(=NNC(=O)c1ccc(F)cc1)c1ccc(Cl)c(Cl)c1. The summed E-state index contributed by atoms with van der Waals surface area (Å²) in [5.74, 6) is -0.809. The van der Waals surface area contributed by atoms with E-state index in [9.17, 15) is 9.18 Å². The molecule has 0 aliphatic rings. The summed E-state index contributed by atoms with van der Waals surface area (Å²) in [6.07, 6.45) is 0.599. The fraction of sp³-hybridized carbons (Fsp3) is 0.125. The van der Waals surface area contributed by atoms with E-state index in [0.717, 1.165) is 5.56 Å². The number of hydrogen-bond acceptors (Lipinski definition) is 2. The normalized spacial score (nSPS) is 11.4. The Morgan fingerprint density at radius 1 is 1.09 bits per heavy atom.